The molecule has 2 rings (SSSR count). The molecule has 1 aromatic carbocycles. The molecule has 1 aliphatic rings. The van der Waals surface area contributed by atoms with E-state index in [4.69, 9.17) is 11.6 Å². The van der Waals surface area contributed by atoms with Crippen molar-refractivity contribution in [3.8, 4) is 0 Å². The van der Waals surface area contributed by atoms with E-state index in [0.29, 0.717) is 12.5 Å². The Bertz CT molecular complexity index is 715. The third-order valence-corrected chi connectivity index (χ3v) is 5.97. The first-order valence-corrected chi connectivity index (χ1v) is 9.11. The van der Waals surface area contributed by atoms with Crippen LogP contribution < -0.4 is 4.72 Å². The van der Waals surface area contributed by atoms with Crippen molar-refractivity contribution in [2.45, 2.75) is 43.3 Å². The molecule has 134 valence electrons. The second-order valence-electron chi connectivity index (χ2n) is 5.87. The van der Waals surface area contributed by atoms with Crippen molar-refractivity contribution in [2.24, 2.45) is 0 Å². The molecule has 0 spiro atoms. The molecule has 1 heterocycles. The molecule has 2 atom stereocenters. The number of nitrogens with zero attached hydrogens (tertiary/aromatic N) is 1. The molecular weight excluding hydrogens is 367 g/mol. The van der Waals surface area contributed by atoms with Crippen molar-refractivity contribution < 1.29 is 26.6 Å². The van der Waals surface area contributed by atoms with Gasteiger partial charge in [-0.05, 0) is 37.5 Å². The Morgan fingerprint density at radius 3 is 2.54 bits per heavy atom. The lowest BCUT2D eigenvalue weighted by molar-refractivity contribution is -0.137. The third-order valence-electron chi connectivity index (χ3n) is 3.97. The highest BCUT2D eigenvalue weighted by molar-refractivity contribution is 7.89. The van der Waals surface area contributed by atoms with Gasteiger partial charge in [-0.1, -0.05) is 18.5 Å². The third kappa shape index (κ3) is 4.23. The SMILES string of the molecule is CB(O)N1C[C@H](NS(=O)(=O)c2cc(C(F)(F)F)ccc2Cl)C[C@@H]1C. The van der Waals surface area contributed by atoms with Crippen molar-refractivity contribution in [1.29, 1.82) is 0 Å². The minimum absolute atomic E-state index is 0.0605. The van der Waals surface area contributed by atoms with E-state index in [9.17, 15) is 26.6 Å². The molecule has 1 aromatic rings. The summed E-state index contributed by atoms with van der Waals surface area (Å²) in [6.45, 7) is 3.66. The van der Waals surface area contributed by atoms with Crippen LogP contribution in [0.25, 0.3) is 0 Å². The summed E-state index contributed by atoms with van der Waals surface area (Å²) >= 11 is 5.79. The Labute approximate surface area is 144 Å². The number of rotatable bonds is 4. The fourth-order valence-corrected chi connectivity index (χ4v) is 4.60. The summed E-state index contributed by atoms with van der Waals surface area (Å²) in [5.41, 5.74) is -1.09. The molecule has 0 saturated carbocycles. The monoisotopic (exact) mass is 384 g/mol. The highest BCUT2D eigenvalue weighted by atomic mass is 35.5. The number of sulfonamides is 1. The summed E-state index contributed by atoms with van der Waals surface area (Å²) in [6, 6.07) is 1.59. The first-order chi connectivity index (χ1) is 10.9. The summed E-state index contributed by atoms with van der Waals surface area (Å²) in [7, 11) is -4.96. The van der Waals surface area contributed by atoms with Crippen molar-refractivity contribution in [3.63, 3.8) is 0 Å². The predicted octanol–water partition coefficient (Wildman–Crippen LogP) is 2.21. The molecule has 0 amide bonds. The minimum atomic E-state index is -4.67. The maximum atomic E-state index is 12.8. The molecule has 0 radical (unpaired) electrons. The van der Waals surface area contributed by atoms with Crippen LogP contribution in [0.3, 0.4) is 0 Å². The predicted molar refractivity (Wildman–Crippen MR) is 85.2 cm³/mol. The molecular formula is C13H17BClF3N2O3S. The maximum Gasteiger partial charge on any atom is 0.416 e. The van der Waals surface area contributed by atoms with Gasteiger partial charge in [-0.25, -0.2) is 13.1 Å². The molecule has 0 bridgehead atoms. The first-order valence-electron chi connectivity index (χ1n) is 7.24. The molecule has 11 heteroatoms. The fourth-order valence-electron chi connectivity index (χ4n) is 2.83. The number of hydrogen-bond acceptors (Lipinski definition) is 4. The largest absolute Gasteiger partial charge is 0.437 e. The van der Waals surface area contributed by atoms with Crippen LogP contribution >= 0.6 is 11.6 Å². The molecule has 0 aromatic heterocycles. The number of benzene rings is 1. The quantitative estimate of drug-likeness (QED) is 0.781. The number of nitrogens with one attached hydrogen (secondary N) is 1. The van der Waals surface area contributed by atoms with Gasteiger partial charge in [-0.2, -0.15) is 13.2 Å². The van der Waals surface area contributed by atoms with E-state index >= 15 is 0 Å². The number of alkyl halides is 3. The van der Waals surface area contributed by atoms with Gasteiger partial charge in [-0.3, -0.25) is 0 Å². The van der Waals surface area contributed by atoms with Crippen molar-refractivity contribution in [2.75, 3.05) is 6.54 Å². The van der Waals surface area contributed by atoms with E-state index in [0.717, 1.165) is 12.1 Å². The van der Waals surface area contributed by atoms with Crippen LogP contribution in [0.1, 0.15) is 18.9 Å². The smallest absolute Gasteiger partial charge is 0.416 e. The molecule has 5 nitrogen and oxygen atoms in total. The van der Waals surface area contributed by atoms with Gasteiger partial charge in [0.25, 0.3) is 0 Å². The molecule has 0 unspecified atom stereocenters. The van der Waals surface area contributed by atoms with E-state index in [1.807, 2.05) is 6.92 Å². The van der Waals surface area contributed by atoms with E-state index in [-0.39, 0.29) is 17.6 Å². The van der Waals surface area contributed by atoms with Crippen LogP contribution in [0.2, 0.25) is 11.8 Å². The Hall–Kier alpha value is -0.805. The van der Waals surface area contributed by atoms with Crippen LogP contribution in [-0.2, 0) is 16.2 Å². The van der Waals surface area contributed by atoms with Crippen LogP contribution in [-0.4, -0.2) is 43.9 Å². The zero-order chi connectivity index (χ0) is 18.3. The van der Waals surface area contributed by atoms with Gasteiger partial charge in [0.2, 0.25) is 10.0 Å². The van der Waals surface area contributed by atoms with Gasteiger partial charge in [0.15, 0.2) is 0 Å². The summed E-state index contributed by atoms with van der Waals surface area (Å²) in [6.07, 6.45) is -4.24. The molecule has 1 aliphatic heterocycles. The van der Waals surface area contributed by atoms with Gasteiger partial charge in [0.1, 0.15) is 4.90 Å². The summed E-state index contributed by atoms with van der Waals surface area (Å²) in [4.78, 5) is 1.09. The first kappa shape index (κ1) is 19.5. The Balaban J connectivity index is 2.26. The highest BCUT2D eigenvalue weighted by Gasteiger charge is 2.37. The zero-order valence-electron chi connectivity index (χ0n) is 13.0. The standard InChI is InChI=1S/C13H17BClF3N2O3S/c1-8-5-10(7-20(8)14(2)21)19-24(22,23)12-6-9(13(16,17)18)3-4-11(12)15/h3-4,6,8,10,19,21H,5,7H2,1-2H3/t8-,10+/m0/s1. The van der Waals surface area contributed by atoms with Crippen LogP contribution in [0.4, 0.5) is 13.2 Å². The second-order valence-corrected chi connectivity index (χ2v) is 7.96. The van der Waals surface area contributed by atoms with Gasteiger partial charge < -0.3 is 9.83 Å². The molecule has 1 saturated heterocycles. The van der Waals surface area contributed by atoms with Crippen molar-refractivity contribution >= 4 is 28.7 Å². The number of halogens is 4. The van der Waals surface area contributed by atoms with Crippen LogP contribution in [0.15, 0.2) is 23.1 Å². The van der Waals surface area contributed by atoms with E-state index in [1.165, 1.54) is 0 Å². The molecule has 24 heavy (non-hydrogen) atoms. The lowest BCUT2D eigenvalue weighted by Gasteiger charge is -2.21. The van der Waals surface area contributed by atoms with E-state index in [2.05, 4.69) is 4.72 Å². The highest BCUT2D eigenvalue weighted by Crippen LogP contribution is 2.33. The maximum absolute atomic E-state index is 12.8. The lowest BCUT2D eigenvalue weighted by Crippen LogP contribution is -2.42. The molecule has 1 fully saturated rings. The van der Waals surface area contributed by atoms with Crippen molar-refractivity contribution in [3.05, 3.63) is 28.8 Å². The summed E-state index contributed by atoms with van der Waals surface area (Å²) in [5.74, 6) is 0. The van der Waals surface area contributed by atoms with Crippen LogP contribution in [0, 0.1) is 0 Å². The number of hydrogen-bond donors (Lipinski definition) is 2. The molecule has 2 N–H and O–H groups in total. The van der Waals surface area contributed by atoms with E-state index in [1.54, 1.807) is 11.6 Å². The van der Waals surface area contributed by atoms with Crippen molar-refractivity contribution in [1.82, 2.24) is 9.53 Å². The average molecular weight is 385 g/mol. The average Bonchev–Trinajstić information content (AvgIpc) is 2.77. The summed E-state index contributed by atoms with van der Waals surface area (Å²) < 4.78 is 65.6. The Morgan fingerprint density at radius 2 is 2.04 bits per heavy atom. The lowest BCUT2D eigenvalue weighted by atomic mass is 9.84. The van der Waals surface area contributed by atoms with Gasteiger partial charge >= 0.3 is 13.2 Å². The fraction of sp³-hybridized carbons (Fsp3) is 0.538. The van der Waals surface area contributed by atoms with Gasteiger partial charge in [0, 0.05) is 12.6 Å². The normalized spacial score (nSPS) is 22.8. The Morgan fingerprint density at radius 1 is 1.42 bits per heavy atom. The minimum Gasteiger partial charge on any atom is -0.437 e. The topological polar surface area (TPSA) is 69.6 Å². The summed E-state index contributed by atoms with van der Waals surface area (Å²) in [5, 5.41) is 9.34. The van der Waals surface area contributed by atoms with Gasteiger partial charge in [-0.15, -0.1) is 0 Å². The van der Waals surface area contributed by atoms with Crippen LogP contribution in [0.5, 0.6) is 0 Å². The van der Waals surface area contributed by atoms with E-state index < -0.39 is 39.8 Å². The second kappa shape index (κ2) is 6.83. The molecule has 0 aliphatic carbocycles. The van der Waals surface area contributed by atoms with Gasteiger partial charge in [0.05, 0.1) is 10.6 Å². The Kier molecular flexibility index (Phi) is 5.56. The zero-order valence-corrected chi connectivity index (χ0v) is 14.6.